The molecule has 36 heavy (non-hydrogen) atoms. The topological polar surface area (TPSA) is 95.1 Å². The number of hydrogen-bond donors (Lipinski definition) is 0. The largest absolute Gasteiger partial charge is 0.338 e. The van der Waals surface area contributed by atoms with Gasteiger partial charge in [-0.25, -0.2) is 16.8 Å². The highest BCUT2D eigenvalue weighted by molar-refractivity contribution is 7.92. The summed E-state index contributed by atoms with van der Waals surface area (Å²) in [5, 5.41) is 0. The van der Waals surface area contributed by atoms with Crippen molar-refractivity contribution in [3.8, 4) is 0 Å². The van der Waals surface area contributed by atoms with Crippen molar-refractivity contribution >= 4 is 31.6 Å². The fraction of sp³-hybridized carbons (Fsp3) is 0.269. The lowest BCUT2D eigenvalue weighted by Crippen LogP contribution is -2.53. The molecule has 0 saturated carbocycles. The van der Waals surface area contributed by atoms with Gasteiger partial charge in [-0.05, 0) is 55.8 Å². The van der Waals surface area contributed by atoms with Gasteiger partial charge in [0.05, 0.1) is 15.5 Å². The van der Waals surface area contributed by atoms with E-state index in [0.717, 1.165) is 15.4 Å². The molecule has 0 N–H and O–H groups in total. The van der Waals surface area contributed by atoms with E-state index in [1.807, 2.05) is 19.9 Å². The van der Waals surface area contributed by atoms with Crippen LogP contribution in [0, 0.1) is 13.8 Å². The number of sulfonamides is 2. The minimum atomic E-state index is -4.00. The molecule has 1 fully saturated rings. The molecule has 0 aliphatic carbocycles. The quantitative estimate of drug-likeness (QED) is 0.471. The Labute approximate surface area is 212 Å². The molecule has 0 aromatic heterocycles. The molecule has 4 rings (SSSR count). The first-order valence-corrected chi connectivity index (χ1v) is 14.5. The molecule has 0 unspecified atom stereocenters. The second-order valence-electron chi connectivity index (χ2n) is 8.76. The fourth-order valence-electron chi connectivity index (χ4n) is 4.08. The SMILES string of the molecule is Cc1ccc(S(=O)(=O)N2CCN(C(=O)CN(c3cccc(C)c3)S(=O)(=O)c3ccccc3)CC2)cc1. The Hall–Kier alpha value is -3.21. The van der Waals surface area contributed by atoms with Gasteiger partial charge in [-0.1, -0.05) is 48.0 Å². The van der Waals surface area contributed by atoms with Gasteiger partial charge in [-0.2, -0.15) is 4.31 Å². The minimum absolute atomic E-state index is 0.0910. The van der Waals surface area contributed by atoms with Crippen LogP contribution in [0.2, 0.25) is 0 Å². The molecular weight excluding hydrogens is 498 g/mol. The van der Waals surface area contributed by atoms with Gasteiger partial charge in [0.25, 0.3) is 10.0 Å². The monoisotopic (exact) mass is 527 g/mol. The summed E-state index contributed by atoms with van der Waals surface area (Å²) in [6.07, 6.45) is 0. The number of anilines is 1. The lowest BCUT2D eigenvalue weighted by molar-refractivity contribution is -0.130. The first-order valence-electron chi connectivity index (χ1n) is 11.6. The number of piperazine rings is 1. The van der Waals surface area contributed by atoms with E-state index in [2.05, 4.69) is 0 Å². The number of nitrogens with zero attached hydrogens (tertiary/aromatic N) is 3. The summed E-state index contributed by atoms with van der Waals surface area (Å²) in [7, 11) is -7.67. The van der Waals surface area contributed by atoms with Crippen LogP contribution >= 0.6 is 0 Å². The molecule has 1 saturated heterocycles. The number of rotatable bonds is 7. The molecule has 0 atom stereocenters. The van der Waals surface area contributed by atoms with Crippen LogP contribution < -0.4 is 4.31 Å². The van der Waals surface area contributed by atoms with Crippen molar-refractivity contribution in [3.05, 3.63) is 90.0 Å². The fourth-order valence-corrected chi connectivity index (χ4v) is 6.93. The van der Waals surface area contributed by atoms with E-state index in [0.29, 0.717) is 5.69 Å². The zero-order valence-electron chi connectivity index (χ0n) is 20.2. The normalized spacial score (nSPS) is 15.0. The summed E-state index contributed by atoms with van der Waals surface area (Å²) in [6, 6.07) is 21.6. The van der Waals surface area contributed by atoms with Crippen LogP contribution in [0.3, 0.4) is 0 Å². The Balaban J connectivity index is 1.51. The molecule has 3 aromatic carbocycles. The molecule has 1 aliphatic rings. The van der Waals surface area contributed by atoms with Crippen LogP contribution in [0.4, 0.5) is 5.69 Å². The van der Waals surface area contributed by atoms with Gasteiger partial charge in [-0.3, -0.25) is 9.10 Å². The van der Waals surface area contributed by atoms with Gasteiger partial charge in [-0.15, -0.1) is 0 Å². The van der Waals surface area contributed by atoms with Crippen molar-refractivity contribution in [1.29, 1.82) is 0 Å². The molecule has 0 radical (unpaired) electrons. The first-order chi connectivity index (χ1) is 17.1. The van der Waals surface area contributed by atoms with Crippen molar-refractivity contribution in [1.82, 2.24) is 9.21 Å². The maximum absolute atomic E-state index is 13.5. The summed E-state index contributed by atoms with van der Waals surface area (Å²) in [5.74, 6) is -0.386. The van der Waals surface area contributed by atoms with Crippen molar-refractivity contribution in [3.63, 3.8) is 0 Å². The van der Waals surface area contributed by atoms with Gasteiger partial charge in [0.1, 0.15) is 6.54 Å². The molecule has 190 valence electrons. The predicted molar refractivity (Wildman–Crippen MR) is 139 cm³/mol. The van der Waals surface area contributed by atoms with E-state index < -0.39 is 20.0 Å². The zero-order chi connectivity index (χ0) is 25.9. The third kappa shape index (κ3) is 5.45. The number of amides is 1. The van der Waals surface area contributed by atoms with Crippen molar-refractivity contribution in [2.24, 2.45) is 0 Å². The Morgan fingerprint density at radius 1 is 0.750 bits per heavy atom. The average Bonchev–Trinajstić information content (AvgIpc) is 2.88. The number of aryl methyl sites for hydroxylation is 2. The van der Waals surface area contributed by atoms with Gasteiger partial charge in [0, 0.05) is 26.2 Å². The van der Waals surface area contributed by atoms with Crippen molar-refractivity contribution in [2.75, 3.05) is 37.0 Å². The minimum Gasteiger partial charge on any atom is -0.338 e. The average molecular weight is 528 g/mol. The Morgan fingerprint density at radius 2 is 1.39 bits per heavy atom. The number of hydrogen-bond acceptors (Lipinski definition) is 5. The van der Waals surface area contributed by atoms with Crippen LogP contribution in [-0.4, -0.2) is 64.7 Å². The van der Waals surface area contributed by atoms with E-state index >= 15 is 0 Å². The summed E-state index contributed by atoms with van der Waals surface area (Å²) in [6.45, 7) is 3.99. The molecule has 1 amide bonds. The first kappa shape index (κ1) is 25.9. The lowest BCUT2D eigenvalue weighted by Gasteiger charge is -2.35. The van der Waals surface area contributed by atoms with Crippen LogP contribution in [0.15, 0.2) is 88.7 Å². The highest BCUT2D eigenvalue weighted by Gasteiger charge is 2.33. The Morgan fingerprint density at radius 3 is 2.00 bits per heavy atom. The van der Waals surface area contributed by atoms with Gasteiger partial charge >= 0.3 is 0 Å². The summed E-state index contributed by atoms with van der Waals surface area (Å²) in [4.78, 5) is 15.1. The van der Waals surface area contributed by atoms with E-state index in [4.69, 9.17) is 0 Å². The smallest absolute Gasteiger partial charge is 0.264 e. The molecule has 8 nitrogen and oxygen atoms in total. The van der Waals surface area contributed by atoms with E-state index in [1.54, 1.807) is 60.7 Å². The molecule has 0 spiro atoms. The van der Waals surface area contributed by atoms with Crippen LogP contribution in [0.25, 0.3) is 0 Å². The summed E-state index contributed by atoms with van der Waals surface area (Å²) >= 11 is 0. The van der Waals surface area contributed by atoms with E-state index in [1.165, 1.54) is 21.3 Å². The molecule has 1 heterocycles. The van der Waals surface area contributed by atoms with Crippen LogP contribution in [-0.2, 0) is 24.8 Å². The van der Waals surface area contributed by atoms with Crippen LogP contribution in [0.5, 0.6) is 0 Å². The highest BCUT2D eigenvalue weighted by Crippen LogP contribution is 2.25. The maximum atomic E-state index is 13.5. The number of carbonyl (C=O) groups excluding carboxylic acids is 1. The second-order valence-corrected chi connectivity index (χ2v) is 12.6. The lowest BCUT2D eigenvalue weighted by atomic mass is 10.2. The van der Waals surface area contributed by atoms with Gasteiger partial charge < -0.3 is 4.90 Å². The Kier molecular flexibility index (Phi) is 7.49. The van der Waals surface area contributed by atoms with Crippen molar-refractivity contribution < 1.29 is 21.6 Å². The third-order valence-corrected chi connectivity index (χ3v) is 9.85. The molecule has 3 aromatic rings. The highest BCUT2D eigenvalue weighted by atomic mass is 32.2. The summed E-state index contributed by atoms with van der Waals surface area (Å²) < 4.78 is 55.5. The number of carbonyl (C=O) groups is 1. The third-order valence-electron chi connectivity index (χ3n) is 6.15. The molecular formula is C26H29N3O5S2. The number of benzene rings is 3. The molecule has 10 heteroatoms. The van der Waals surface area contributed by atoms with Gasteiger partial charge in [0.15, 0.2) is 0 Å². The predicted octanol–water partition coefficient (Wildman–Crippen LogP) is 3.03. The van der Waals surface area contributed by atoms with Gasteiger partial charge in [0.2, 0.25) is 15.9 Å². The molecule has 1 aliphatic heterocycles. The molecule has 0 bridgehead atoms. The second kappa shape index (κ2) is 10.4. The maximum Gasteiger partial charge on any atom is 0.264 e. The van der Waals surface area contributed by atoms with Crippen LogP contribution in [0.1, 0.15) is 11.1 Å². The van der Waals surface area contributed by atoms with Crippen molar-refractivity contribution in [2.45, 2.75) is 23.6 Å². The van der Waals surface area contributed by atoms with E-state index in [-0.39, 0.29) is 48.4 Å². The zero-order valence-corrected chi connectivity index (χ0v) is 21.9. The standard InChI is InChI=1S/C26H29N3O5S2/c1-21-11-13-25(14-12-21)35(31,32)28-17-15-27(16-18-28)26(30)20-29(23-8-6-7-22(2)19-23)36(33,34)24-9-4-3-5-10-24/h3-14,19H,15-18,20H2,1-2H3. The Bertz CT molecular complexity index is 1430. The summed E-state index contributed by atoms with van der Waals surface area (Å²) in [5.41, 5.74) is 2.23. The van der Waals surface area contributed by atoms with E-state index in [9.17, 15) is 21.6 Å².